The molecule has 0 aliphatic heterocycles. The van der Waals surface area contributed by atoms with E-state index in [1.165, 1.54) is 18.9 Å². The fourth-order valence-corrected chi connectivity index (χ4v) is 1.88. The number of nitro groups is 1. The standard InChI is InChI=1S/C12H16ClN3O2/c13-9-2-5-11(12(8-9)16(17)18)15-7-1-6-14-10-3-4-10/h2,5,8,10,14-15H,1,3-4,6-7H2. The van der Waals surface area contributed by atoms with E-state index in [4.69, 9.17) is 11.6 Å². The van der Waals surface area contributed by atoms with Gasteiger partial charge in [-0.05, 0) is 37.9 Å². The van der Waals surface area contributed by atoms with Crippen LogP contribution in [0.25, 0.3) is 0 Å². The molecule has 0 atom stereocenters. The third-order valence-corrected chi connectivity index (χ3v) is 3.07. The van der Waals surface area contributed by atoms with Gasteiger partial charge in [0.2, 0.25) is 0 Å². The van der Waals surface area contributed by atoms with E-state index >= 15 is 0 Å². The van der Waals surface area contributed by atoms with Gasteiger partial charge in [0, 0.05) is 23.7 Å². The Kier molecular flexibility index (Phi) is 4.38. The molecular formula is C12H16ClN3O2. The Morgan fingerprint density at radius 2 is 2.17 bits per heavy atom. The molecule has 2 N–H and O–H groups in total. The van der Waals surface area contributed by atoms with Crippen molar-refractivity contribution in [3.63, 3.8) is 0 Å². The molecule has 0 heterocycles. The van der Waals surface area contributed by atoms with Gasteiger partial charge in [-0.3, -0.25) is 10.1 Å². The summed E-state index contributed by atoms with van der Waals surface area (Å²) in [7, 11) is 0. The lowest BCUT2D eigenvalue weighted by atomic mass is 10.2. The molecular weight excluding hydrogens is 254 g/mol. The highest BCUT2D eigenvalue weighted by Crippen LogP contribution is 2.27. The highest BCUT2D eigenvalue weighted by Gasteiger charge is 2.19. The van der Waals surface area contributed by atoms with Crippen LogP contribution in [0.1, 0.15) is 19.3 Å². The van der Waals surface area contributed by atoms with Gasteiger partial charge in [-0.15, -0.1) is 0 Å². The van der Waals surface area contributed by atoms with Crippen LogP contribution in [0.2, 0.25) is 5.02 Å². The van der Waals surface area contributed by atoms with Gasteiger partial charge >= 0.3 is 0 Å². The molecule has 1 aliphatic rings. The van der Waals surface area contributed by atoms with Gasteiger partial charge in [0.1, 0.15) is 5.69 Å². The quantitative estimate of drug-likeness (QED) is 0.454. The van der Waals surface area contributed by atoms with Gasteiger partial charge in [-0.2, -0.15) is 0 Å². The third-order valence-electron chi connectivity index (χ3n) is 2.84. The number of nitrogens with zero attached hydrogens (tertiary/aromatic N) is 1. The summed E-state index contributed by atoms with van der Waals surface area (Å²) in [5.41, 5.74) is 0.550. The van der Waals surface area contributed by atoms with Crippen LogP contribution >= 0.6 is 11.6 Å². The van der Waals surface area contributed by atoms with E-state index in [1.807, 2.05) is 0 Å². The number of anilines is 1. The highest BCUT2D eigenvalue weighted by atomic mass is 35.5. The van der Waals surface area contributed by atoms with Gasteiger partial charge in [-0.25, -0.2) is 0 Å². The van der Waals surface area contributed by atoms with Crippen LogP contribution in [0.15, 0.2) is 18.2 Å². The topological polar surface area (TPSA) is 67.2 Å². The van der Waals surface area contributed by atoms with E-state index in [2.05, 4.69) is 10.6 Å². The van der Waals surface area contributed by atoms with E-state index in [0.29, 0.717) is 23.3 Å². The average Bonchev–Trinajstić information content (AvgIpc) is 3.14. The van der Waals surface area contributed by atoms with Gasteiger partial charge in [0.25, 0.3) is 5.69 Å². The number of nitro benzene ring substituents is 1. The largest absolute Gasteiger partial charge is 0.379 e. The second-order valence-electron chi connectivity index (χ2n) is 4.43. The van der Waals surface area contributed by atoms with Gasteiger partial charge in [-0.1, -0.05) is 11.6 Å². The minimum absolute atomic E-state index is 0.0256. The molecule has 1 fully saturated rings. The molecule has 0 unspecified atom stereocenters. The zero-order valence-corrected chi connectivity index (χ0v) is 10.7. The summed E-state index contributed by atoms with van der Waals surface area (Å²) in [5.74, 6) is 0. The van der Waals surface area contributed by atoms with Crippen molar-refractivity contribution in [1.82, 2.24) is 5.32 Å². The molecule has 0 spiro atoms. The lowest BCUT2D eigenvalue weighted by Gasteiger charge is -2.07. The van der Waals surface area contributed by atoms with E-state index in [-0.39, 0.29) is 5.69 Å². The third kappa shape index (κ3) is 3.85. The first kappa shape index (κ1) is 13.1. The maximum Gasteiger partial charge on any atom is 0.293 e. The van der Waals surface area contributed by atoms with Crippen molar-refractivity contribution in [1.29, 1.82) is 0 Å². The maximum atomic E-state index is 10.9. The molecule has 0 bridgehead atoms. The van der Waals surface area contributed by atoms with Crippen LogP contribution in [0.5, 0.6) is 0 Å². The molecule has 0 radical (unpaired) electrons. The summed E-state index contributed by atoms with van der Waals surface area (Å²) >= 11 is 5.74. The SMILES string of the molecule is O=[N+]([O-])c1cc(Cl)ccc1NCCCNC1CC1. The maximum absolute atomic E-state index is 10.9. The smallest absolute Gasteiger partial charge is 0.293 e. The summed E-state index contributed by atoms with van der Waals surface area (Å²) in [6.45, 7) is 1.65. The van der Waals surface area contributed by atoms with Gasteiger partial charge < -0.3 is 10.6 Å². The second-order valence-corrected chi connectivity index (χ2v) is 4.86. The molecule has 1 aromatic carbocycles. The first-order chi connectivity index (χ1) is 8.66. The molecule has 5 nitrogen and oxygen atoms in total. The molecule has 98 valence electrons. The Labute approximate surface area is 111 Å². The van der Waals surface area contributed by atoms with Crippen molar-refractivity contribution in [2.45, 2.75) is 25.3 Å². The van der Waals surface area contributed by atoms with E-state index in [1.54, 1.807) is 12.1 Å². The molecule has 0 saturated heterocycles. The van der Waals surface area contributed by atoms with Crippen molar-refractivity contribution in [3.05, 3.63) is 33.3 Å². The molecule has 2 rings (SSSR count). The molecule has 0 amide bonds. The molecule has 0 aromatic heterocycles. The Morgan fingerprint density at radius 3 is 2.83 bits per heavy atom. The van der Waals surface area contributed by atoms with Crippen molar-refractivity contribution in [2.24, 2.45) is 0 Å². The number of nitrogens with one attached hydrogen (secondary N) is 2. The number of hydrogen-bond donors (Lipinski definition) is 2. The fourth-order valence-electron chi connectivity index (χ4n) is 1.71. The Balaban J connectivity index is 1.81. The minimum atomic E-state index is -0.420. The van der Waals surface area contributed by atoms with Gasteiger partial charge in [0.15, 0.2) is 0 Å². The Bertz CT molecular complexity index is 435. The Morgan fingerprint density at radius 1 is 1.39 bits per heavy atom. The Hall–Kier alpha value is -1.33. The normalized spacial score (nSPS) is 14.5. The number of hydrogen-bond acceptors (Lipinski definition) is 4. The molecule has 1 saturated carbocycles. The predicted molar refractivity (Wildman–Crippen MR) is 72.2 cm³/mol. The summed E-state index contributed by atoms with van der Waals surface area (Å²) in [5, 5.41) is 17.7. The number of benzene rings is 1. The van der Waals surface area contributed by atoms with Crippen LogP contribution in [0.3, 0.4) is 0 Å². The van der Waals surface area contributed by atoms with Crippen molar-refractivity contribution < 1.29 is 4.92 Å². The second kappa shape index (κ2) is 6.02. The van der Waals surface area contributed by atoms with Crippen molar-refractivity contribution in [2.75, 3.05) is 18.4 Å². The van der Waals surface area contributed by atoms with Crippen molar-refractivity contribution in [3.8, 4) is 0 Å². The molecule has 18 heavy (non-hydrogen) atoms. The van der Waals surface area contributed by atoms with E-state index in [9.17, 15) is 10.1 Å². The van der Waals surface area contributed by atoms with Crippen LogP contribution in [0.4, 0.5) is 11.4 Å². The van der Waals surface area contributed by atoms with Gasteiger partial charge in [0.05, 0.1) is 4.92 Å². The fraction of sp³-hybridized carbons (Fsp3) is 0.500. The van der Waals surface area contributed by atoms with Crippen LogP contribution in [-0.4, -0.2) is 24.1 Å². The first-order valence-corrected chi connectivity index (χ1v) is 6.46. The van der Waals surface area contributed by atoms with E-state index < -0.39 is 4.92 Å². The molecule has 1 aliphatic carbocycles. The van der Waals surface area contributed by atoms with Crippen LogP contribution in [-0.2, 0) is 0 Å². The lowest BCUT2D eigenvalue weighted by molar-refractivity contribution is -0.383. The average molecular weight is 270 g/mol. The molecule has 6 heteroatoms. The summed E-state index contributed by atoms with van der Waals surface area (Å²) in [6, 6.07) is 5.37. The lowest BCUT2D eigenvalue weighted by Crippen LogP contribution is -2.20. The monoisotopic (exact) mass is 269 g/mol. The number of rotatable bonds is 7. The molecule has 1 aromatic rings. The highest BCUT2D eigenvalue weighted by molar-refractivity contribution is 6.30. The predicted octanol–water partition coefficient (Wildman–Crippen LogP) is 2.80. The zero-order valence-electron chi connectivity index (χ0n) is 9.99. The van der Waals surface area contributed by atoms with Crippen LogP contribution < -0.4 is 10.6 Å². The summed E-state index contributed by atoms with van der Waals surface area (Å²) < 4.78 is 0. The van der Waals surface area contributed by atoms with E-state index in [0.717, 1.165) is 13.0 Å². The summed E-state index contributed by atoms with van der Waals surface area (Å²) in [4.78, 5) is 10.4. The first-order valence-electron chi connectivity index (χ1n) is 6.08. The van der Waals surface area contributed by atoms with Crippen molar-refractivity contribution >= 4 is 23.0 Å². The minimum Gasteiger partial charge on any atom is -0.379 e. The number of halogens is 1. The summed E-state index contributed by atoms with van der Waals surface area (Å²) in [6.07, 6.45) is 3.49. The zero-order chi connectivity index (χ0) is 13.0. The van der Waals surface area contributed by atoms with Crippen LogP contribution in [0, 0.1) is 10.1 Å².